The molecule has 0 saturated carbocycles. The summed E-state index contributed by atoms with van der Waals surface area (Å²) < 4.78 is 0. The zero-order valence-corrected chi connectivity index (χ0v) is 4.65. The Morgan fingerprint density at radius 2 is 1.89 bits per heavy atom. The van der Waals surface area contributed by atoms with Crippen molar-refractivity contribution in [3.8, 4) is 6.01 Å². The molecule has 48 valence electrons. The smallest absolute Gasteiger partial charge is 0.313 e. The quantitative estimate of drug-likeness (QED) is 0.541. The van der Waals surface area contributed by atoms with Gasteiger partial charge in [-0.05, 0) is 0 Å². The lowest BCUT2D eigenvalue weighted by Gasteiger charge is -1.91. The van der Waals surface area contributed by atoms with E-state index in [1.807, 2.05) is 0 Å². The molecule has 1 heterocycles. The van der Waals surface area contributed by atoms with Gasteiger partial charge in [0, 0.05) is 18.0 Å². The van der Waals surface area contributed by atoms with E-state index in [1.165, 1.54) is 12.4 Å². The van der Waals surface area contributed by atoms with Gasteiger partial charge in [-0.2, -0.15) is 0 Å². The van der Waals surface area contributed by atoms with Gasteiger partial charge in [0.05, 0.1) is 6.61 Å². The second kappa shape index (κ2) is 2.41. The molecule has 0 unspecified atom stereocenters. The molecule has 4 nitrogen and oxygen atoms in total. The summed E-state index contributed by atoms with van der Waals surface area (Å²) in [6, 6.07) is -0.271. The summed E-state index contributed by atoms with van der Waals surface area (Å²) in [6.45, 7) is -0.0969. The number of aliphatic hydroxyl groups excluding tert-OH is 1. The number of aromatic hydroxyl groups is 1. The van der Waals surface area contributed by atoms with Crippen LogP contribution in [0.5, 0.6) is 6.01 Å². The van der Waals surface area contributed by atoms with Gasteiger partial charge in [-0.1, -0.05) is 0 Å². The van der Waals surface area contributed by atoms with Crippen LogP contribution in [0.3, 0.4) is 0 Å². The minimum absolute atomic E-state index is 0.0969. The molecule has 0 aliphatic heterocycles. The van der Waals surface area contributed by atoms with E-state index in [-0.39, 0.29) is 12.6 Å². The van der Waals surface area contributed by atoms with Gasteiger partial charge in [0.15, 0.2) is 0 Å². The summed E-state index contributed by atoms with van der Waals surface area (Å²) in [5.74, 6) is 0. The van der Waals surface area contributed by atoms with E-state index in [0.29, 0.717) is 5.56 Å². The molecule has 9 heavy (non-hydrogen) atoms. The van der Waals surface area contributed by atoms with Gasteiger partial charge >= 0.3 is 6.01 Å². The molecule has 1 rings (SSSR count). The molecule has 0 spiro atoms. The van der Waals surface area contributed by atoms with E-state index in [4.69, 9.17) is 10.2 Å². The third-order valence-corrected chi connectivity index (χ3v) is 0.874. The van der Waals surface area contributed by atoms with Crippen molar-refractivity contribution >= 4 is 0 Å². The molecule has 1 aromatic rings. The second-order valence-corrected chi connectivity index (χ2v) is 1.55. The third kappa shape index (κ3) is 1.36. The summed E-state index contributed by atoms with van der Waals surface area (Å²) in [4.78, 5) is 6.87. The van der Waals surface area contributed by atoms with Crippen molar-refractivity contribution in [1.29, 1.82) is 0 Å². The van der Waals surface area contributed by atoms with Gasteiger partial charge < -0.3 is 10.2 Å². The molecule has 0 atom stereocenters. The van der Waals surface area contributed by atoms with Crippen LogP contribution in [0.4, 0.5) is 0 Å². The first-order chi connectivity index (χ1) is 4.33. The Hall–Kier alpha value is -1.16. The lowest BCUT2D eigenvalue weighted by atomic mass is 10.4. The highest BCUT2D eigenvalue weighted by Gasteiger charge is 1.90. The van der Waals surface area contributed by atoms with Gasteiger partial charge in [0.2, 0.25) is 0 Å². The molecule has 1 aromatic heterocycles. The summed E-state index contributed by atoms with van der Waals surface area (Å²) in [6.07, 6.45) is 2.73. The molecule has 0 aliphatic carbocycles. The Labute approximate surface area is 51.8 Å². The molecule has 0 radical (unpaired) electrons. The summed E-state index contributed by atoms with van der Waals surface area (Å²) in [5.41, 5.74) is 0.591. The van der Waals surface area contributed by atoms with Crippen LogP contribution in [0, 0.1) is 0 Å². The Morgan fingerprint density at radius 1 is 1.33 bits per heavy atom. The van der Waals surface area contributed by atoms with Crippen LogP contribution in [0.2, 0.25) is 0 Å². The van der Waals surface area contributed by atoms with Crippen LogP contribution in [-0.2, 0) is 6.61 Å². The zero-order chi connectivity index (χ0) is 6.69. The Bertz CT molecular complexity index is 185. The van der Waals surface area contributed by atoms with E-state index in [2.05, 4.69) is 9.97 Å². The maximum absolute atomic E-state index is 8.55. The van der Waals surface area contributed by atoms with Crippen LogP contribution >= 0.6 is 0 Å². The van der Waals surface area contributed by atoms with E-state index in [0.717, 1.165) is 0 Å². The average Bonchev–Trinajstić information content (AvgIpc) is 1.90. The Balaban J connectivity index is 2.88. The number of rotatable bonds is 1. The van der Waals surface area contributed by atoms with Gasteiger partial charge in [0.25, 0.3) is 0 Å². The van der Waals surface area contributed by atoms with E-state index in [1.54, 1.807) is 0 Å². The fraction of sp³-hybridized carbons (Fsp3) is 0.200. The summed E-state index contributed by atoms with van der Waals surface area (Å²) in [7, 11) is 0. The van der Waals surface area contributed by atoms with Crippen molar-refractivity contribution < 1.29 is 10.2 Å². The molecular formula is C5H6N2O2. The summed E-state index contributed by atoms with van der Waals surface area (Å²) in [5, 5.41) is 17.0. The minimum atomic E-state index is -0.271. The third-order valence-electron chi connectivity index (χ3n) is 0.874. The second-order valence-electron chi connectivity index (χ2n) is 1.55. The molecule has 0 fully saturated rings. The highest BCUT2D eigenvalue weighted by molar-refractivity contribution is 5.04. The fourth-order valence-electron chi connectivity index (χ4n) is 0.430. The first-order valence-corrected chi connectivity index (χ1v) is 2.43. The van der Waals surface area contributed by atoms with Crippen molar-refractivity contribution in [2.24, 2.45) is 0 Å². The van der Waals surface area contributed by atoms with Crippen LogP contribution in [0.1, 0.15) is 5.56 Å². The Morgan fingerprint density at radius 3 is 2.33 bits per heavy atom. The number of hydrogen-bond acceptors (Lipinski definition) is 4. The van der Waals surface area contributed by atoms with Crippen molar-refractivity contribution in [2.75, 3.05) is 0 Å². The number of nitrogens with zero attached hydrogens (tertiary/aromatic N) is 2. The van der Waals surface area contributed by atoms with Crippen molar-refractivity contribution in [3.63, 3.8) is 0 Å². The largest absolute Gasteiger partial charge is 0.479 e. The topological polar surface area (TPSA) is 66.2 Å². The molecule has 0 amide bonds. The van der Waals surface area contributed by atoms with E-state index >= 15 is 0 Å². The molecule has 0 saturated heterocycles. The number of hydrogen-bond donors (Lipinski definition) is 2. The molecule has 0 bridgehead atoms. The zero-order valence-electron chi connectivity index (χ0n) is 4.65. The van der Waals surface area contributed by atoms with Crippen molar-refractivity contribution in [2.45, 2.75) is 6.61 Å². The Kier molecular flexibility index (Phi) is 1.60. The predicted octanol–water partition coefficient (Wildman–Crippen LogP) is -0.326. The van der Waals surface area contributed by atoms with Crippen LogP contribution in [0.15, 0.2) is 12.4 Å². The first-order valence-electron chi connectivity index (χ1n) is 2.43. The first kappa shape index (κ1) is 5.97. The maximum atomic E-state index is 8.55. The predicted molar refractivity (Wildman–Crippen MR) is 29.6 cm³/mol. The van der Waals surface area contributed by atoms with Gasteiger partial charge in [-0.3, -0.25) is 0 Å². The SMILES string of the molecule is OCc1cnc(O)nc1. The average molecular weight is 126 g/mol. The molecule has 2 N–H and O–H groups in total. The fourth-order valence-corrected chi connectivity index (χ4v) is 0.430. The highest BCUT2D eigenvalue weighted by atomic mass is 16.3. The van der Waals surface area contributed by atoms with Gasteiger partial charge in [0.1, 0.15) is 0 Å². The van der Waals surface area contributed by atoms with Crippen molar-refractivity contribution in [1.82, 2.24) is 9.97 Å². The van der Waals surface area contributed by atoms with Crippen LogP contribution < -0.4 is 0 Å². The van der Waals surface area contributed by atoms with Gasteiger partial charge in [-0.25, -0.2) is 9.97 Å². The van der Waals surface area contributed by atoms with Crippen LogP contribution in [0.25, 0.3) is 0 Å². The molecular weight excluding hydrogens is 120 g/mol. The molecule has 4 heteroatoms. The lowest BCUT2D eigenvalue weighted by Crippen LogP contribution is -1.86. The van der Waals surface area contributed by atoms with Crippen LogP contribution in [-0.4, -0.2) is 20.2 Å². The molecule has 0 aliphatic rings. The highest BCUT2D eigenvalue weighted by Crippen LogP contribution is 1.98. The number of aromatic nitrogens is 2. The molecule has 0 aromatic carbocycles. The van der Waals surface area contributed by atoms with Gasteiger partial charge in [-0.15, -0.1) is 0 Å². The monoisotopic (exact) mass is 126 g/mol. The lowest BCUT2D eigenvalue weighted by molar-refractivity contribution is 0.280. The normalized spacial score (nSPS) is 9.44. The standard InChI is InChI=1S/C5H6N2O2/c8-3-4-1-6-5(9)7-2-4/h1-2,8H,3H2,(H,6,7,9). The van der Waals surface area contributed by atoms with Crippen molar-refractivity contribution in [3.05, 3.63) is 18.0 Å². The number of aliphatic hydroxyl groups is 1. The summed E-state index contributed by atoms with van der Waals surface area (Å²) >= 11 is 0. The maximum Gasteiger partial charge on any atom is 0.313 e. The van der Waals surface area contributed by atoms with E-state index in [9.17, 15) is 0 Å². The van der Waals surface area contributed by atoms with E-state index < -0.39 is 0 Å². The minimum Gasteiger partial charge on any atom is -0.479 e.